The first kappa shape index (κ1) is 20.9. The summed E-state index contributed by atoms with van der Waals surface area (Å²) in [7, 11) is 0. The van der Waals surface area contributed by atoms with Gasteiger partial charge in [0.15, 0.2) is 0 Å². The van der Waals surface area contributed by atoms with Crippen LogP contribution >= 0.6 is 0 Å². The molecule has 1 fully saturated rings. The lowest BCUT2D eigenvalue weighted by atomic mass is 9.93. The smallest absolute Gasteiger partial charge is 0.238 e. The Balaban J connectivity index is 1.41. The summed E-state index contributed by atoms with van der Waals surface area (Å²) in [6.07, 6.45) is 5.35. The molecule has 1 aliphatic heterocycles. The molecule has 0 bridgehead atoms. The van der Waals surface area contributed by atoms with Crippen LogP contribution in [0.4, 0.5) is 21.7 Å². The van der Waals surface area contributed by atoms with Crippen LogP contribution in [0.15, 0.2) is 54.9 Å². The lowest BCUT2D eigenvalue weighted by Crippen LogP contribution is -2.40. The molecule has 0 saturated carbocycles. The molecule has 0 unspecified atom stereocenters. The molecule has 1 aliphatic rings. The van der Waals surface area contributed by atoms with Gasteiger partial charge in [-0.2, -0.15) is 0 Å². The first-order valence-corrected chi connectivity index (χ1v) is 10.4. The van der Waals surface area contributed by atoms with Crippen molar-refractivity contribution in [3.8, 4) is 0 Å². The van der Waals surface area contributed by atoms with Crippen molar-refractivity contribution in [3.63, 3.8) is 0 Å². The van der Waals surface area contributed by atoms with Crippen molar-refractivity contribution in [1.82, 2.24) is 19.9 Å². The molecule has 0 spiro atoms. The monoisotopic (exact) mass is 420 g/mol. The summed E-state index contributed by atoms with van der Waals surface area (Å²) in [6.45, 7) is 3.74. The number of halogens is 1. The van der Waals surface area contributed by atoms with E-state index < -0.39 is 5.82 Å². The molecular formula is C23H25FN6O. The largest absolute Gasteiger partial charge is 0.324 e. The molecule has 0 aliphatic carbocycles. The number of carbonyl (C=O) groups excluding carboxylic acids is 1. The first-order chi connectivity index (χ1) is 15.1. The lowest BCUT2D eigenvalue weighted by molar-refractivity contribution is -0.117. The van der Waals surface area contributed by atoms with Gasteiger partial charge in [0.1, 0.15) is 5.82 Å². The summed E-state index contributed by atoms with van der Waals surface area (Å²) in [5.41, 5.74) is 2.99. The number of nitrogens with one attached hydrogen (secondary N) is 2. The minimum absolute atomic E-state index is 0.209. The minimum atomic E-state index is -0.432. The van der Waals surface area contributed by atoms with Crippen molar-refractivity contribution >= 4 is 23.2 Å². The molecule has 0 radical (unpaired) electrons. The van der Waals surface area contributed by atoms with Gasteiger partial charge in [0.05, 0.1) is 12.2 Å². The number of para-hydroxylation sites is 1. The van der Waals surface area contributed by atoms with E-state index in [1.165, 1.54) is 6.07 Å². The van der Waals surface area contributed by atoms with Gasteiger partial charge in [-0.3, -0.25) is 14.7 Å². The van der Waals surface area contributed by atoms with E-state index in [0.717, 1.165) is 43.0 Å². The number of piperidine rings is 1. The van der Waals surface area contributed by atoms with Crippen LogP contribution < -0.4 is 10.6 Å². The van der Waals surface area contributed by atoms with Crippen LogP contribution in [-0.4, -0.2) is 45.4 Å². The highest BCUT2D eigenvalue weighted by molar-refractivity contribution is 5.92. The average molecular weight is 420 g/mol. The predicted molar refractivity (Wildman–Crippen MR) is 118 cm³/mol. The van der Waals surface area contributed by atoms with E-state index in [2.05, 4.69) is 25.5 Å². The zero-order chi connectivity index (χ0) is 21.6. The Bertz CT molecular complexity index is 1050. The SMILES string of the molecule is Cc1cc(Nc2ncccn2)cc([C@@H]2CCCN(CC(=O)Nc3ccccc3F)C2)n1. The summed E-state index contributed by atoms with van der Waals surface area (Å²) in [6, 6.07) is 12.0. The summed E-state index contributed by atoms with van der Waals surface area (Å²) in [5, 5.41) is 5.89. The molecule has 1 amide bonds. The van der Waals surface area contributed by atoms with E-state index in [9.17, 15) is 9.18 Å². The molecule has 1 aromatic carbocycles. The molecule has 160 valence electrons. The molecule has 4 rings (SSSR count). The summed E-state index contributed by atoms with van der Waals surface area (Å²) >= 11 is 0. The number of likely N-dealkylation sites (tertiary alicyclic amines) is 1. The Kier molecular flexibility index (Phi) is 6.47. The second kappa shape index (κ2) is 9.61. The zero-order valence-electron chi connectivity index (χ0n) is 17.4. The van der Waals surface area contributed by atoms with E-state index in [0.29, 0.717) is 5.95 Å². The number of aromatic nitrogens is 3. The van der Waals surface area contributed by atoms with Crippen molar-refractivity contribution < 1.29 is 9.18 Å². The van der Waals surface area contributed by atoms with E-state index in [1.807, 2.05) is 19.1 Å². The molecule has 8 heteroatoms. The quantitative estimate of drug-likeness (QED) is 0.630. The summed E-state index contributed by atoms with van der Waals surface area (Å²) in [5.74, 6) is 0.103. The van der Waals surface area contributed by atoms with E-state index in [1.54, 1.807) is 36.7 Å². The molecule has 1 atom stereocenters. The molecule has 3 heterocycles. The minimum Gasteiger partial charge on any atom is -0.324 e. The fraction of sp³-hybridized carbons (Fsp3) is 0.304. The summed E-state index contributed by atoms with van der Waals surface area (Å²) in [4.78, 5) is 27.7. The van der Waals surface area contributed by atoms with E-state index >= 15 is 0 Å². The number of aryl methyl sites for hydroxylation is 1. The van der Waals surface area contributed by atoms with Crippen LogP contribution in [0.5, 0.6) is 0 Å². The van der Waals surface area contributed by atoms with E-state index in [-0.39, 0.29) is 24.1 Å². The molecule has 2 aromatic heterocycles. The van der Waals surface area contributed by atoms with Gasteiger partial charge < -0.3 is 10.6 Å². The van der Waals surface area contributed by atoms with Crippen molar-refractivity contribution in [2.24, 2.45) is 0 Å². The van der Waals surface area contributed by atoms with Gasteiger partial charge in [0.2, 0.25) is 11.9 Å². The Morgan fingerprint density at radius 3 is 2.81 bits per heavy atom. The molecule has 2 N–H and O–H groups in total. The van der Waals surface area contributed by atoms with Crippen molar-refractivity contribution in [2.75, 3.05) is 30.3 Å². The van der Waals surface area contributed by atoms with Crippen LogP contribution in [0.2, 0.25) is 0 Å². The maximum Gasteiger partial charge on any atom is 0.238 e. The summed E-state index contributed by atoms with van der Waals surface area (Å²) < 4.78 is 13.8. The second-order valence-corrected chi connectivity index (χ2v) is 7.72. The Morgan fingerprint density at radius 1 is 1.19 bits per heavy atom. The third-order valence-corrected chi connectivity index (χ3v) is 5.23. The number of hydrogen-bond acceptors (Lipinski definition) is 6. The van der Waals surface area contributed by atoms with Crippen LogP contribution in [0.3, 0.4) is 0 Å². The molecular weight excluding hydrogens is 395 g/mol. The fourth-order valence-corrected chi connectivity index (χ4v) is 3.86. The van der Waals surface area contributed by atoms with Gasteiger partial charge >= 0.3 is 0 Å². The number of carbonyl (C=O) groups is 1. The number of benzene rings is 1. The van der Waals surface area contributed by atoms with Crippen LogP contribution in [0.25, 0.3) is 0 Å². The Hall–Kier alpha value is -3.39. The highest BCUT2D eigenvalue weighted by Crippen LogP contribution is 2.28. The standard InChI is InChI=1S/C23H25FN6O/c1-16-12-18(28-23-25-9-5-10-26-23)13-21(27-16)17-6-4-11-30(14-17)15-22(31)29-20-8-3-2-7-19(20)24/h2-3,5,7-10,12-13,17H,4,6,11,14-15H2,1H3,(H,29,31)(H,25,26,27,28)/t17-/m1/s1. The number of rotatable bonds is 6. The number of hydrogen-bond donors (Lipinski definition) is 2. The normalized spacial score (nSPS) is 16.6. The number of amides is 1. The van der Waals surface area contributed by atoms with Crippen LogP contribution in [0, 0.1) is 12.7 Å². The van der Waals surface area contributed by atoms with Gasteiger partial charge in [-0.15, -0.1) is 0 Å². The Morgan fingerprint density at radius 2 is 2.00 bits per heavy atom. The zero-order valence-corrected chi connectivity index (χ0v) is 17.4. The predicted octanol–water partition coefficient (Wildman–Crippen LogP) is 3.88. The topological polar surface area (TPSA) is 83.0 Å². The van der Waals surface area contributed by atoms with Crippen LogP contribution in [-0.2, 0) is 4.79 Å². The maximum absolute atomic E-state index is 13.8. The number of nitrogens with zero attached hydrogens (tertiary/aromatic N) is 4. The van der Waals surface area contributed by atoms with Gasteiger partial charge in [-0.25, -0.2) is 14.4 Å². The number of anilines is 3. The average Bonchev–Trinajstić information content (AvgIpc) is 2.76. The van der Waals surface area contributed by atoms with Crippen LogP contribution in [0.1, 0.15) is 30.1 Å². The van der Waals surface area contributed by atoms with Gasteiger partial charge in [-0.1, -0.05) is 12.1 Å². The first-order valence-electron chi connectivity index (χ1n) is 10.4. The third-order valence-electron chi connectivity index (χ3n) is 5.23. The lowest BCUT2D eigenvalue weighted by Gasteiger charge is -2.32. The van der Waals surface area contributed by atoms with Crippen molar-refractivity contribution in [2.45, 2.75) is 25.7 Å². The Labute approximate surface area is 180 Å². The molecule has 1 saturated heterocycles. The molecule has 31 heavy (non-hydrogen) atoms. The molecule has 3 aromatic rings. The number of pyridine rings is 1. The second-order valence-electron chi connectivity index (χ2n) is 7.72. The van der Waals surface area contributed by atoms with Gasteiger partial charge in [-0.05, 0) is 56.6 Å². The third kappa shape index (κ3) is 5.61. The van der Waals surface area contributed by atoms with Crippen molar-refractivity contribution in [3.05, 3.63) is 72.1 Å². The van der Waals surface area contributed by atoms with E-state index in [4.69, 9.17) is 4.98 Å². The van der Waals surface area contributed by atoms with Gasteiger partial charge in [0.25, 0.3) is 0 Å². The highest BCUT2D eigenvalue weighted by atomic mass is 19.1. The van der Waals surface area contributed by atoms with Crippen molar-refractivity contribution in [1.29, 1.82) is 0 Å². The van der Waals surface area contributed by atoms with Gasteiger partial charge in [0, 0.05) is 41.9 Å². The highest BCUT2D eigenvalue weighted by Gasteiger charge is 2.24. The fourth-order valence-electron chi connectivity index (χ4n) is 3.86. The maximum atomic E-state index is 13.8. The molecule has 7 nitrogen and oxygen atoms in total.